The maximum atomic E-state index is 10.8. The molecule has 1 aromatic heterocycles. The smallest absolute Gasteiger partial charge is 0.271 e. The predicted octanol–water partition coefficient (Wildman–Crippen LogP) is 3.18. The predicted molar refractivity (Wildman–Crippen MR) is 83.8 cm³/mol. The molecule has 0 unspecified atom stereocenters. The van der Waals surface area contributed by atoms with E-state index in [1.165, 1.54) is 12.1 Å². The van der Waals surface area contributed by atoms with Crippen LogP contribution in [0.4, 0.5) is 17.3 Å². The number of non-ortho nitro benzene ring substituents is 1. The molecule has 1 aromatic carbocycles. The van der Waals surface area contributed by atoms with Gasteiger partial charge in [-0.1, -0.05) is 13.8 Å². The fourth-order valence-electron chi connectivity index (χ4n) is 1.89. The third-order valence-electron chi connectivity index (χ3n) is 2.94. The molecule has 0 aliphatic rings. The van der Waals surface area contributed by atoms with Crippen LogP contribution >= 0.6 is 0 Å². The Balaban J connectivity index is 2.45. The Bertz CT molecular complexity index is 645. The highest BCUT2D eigenvalue weighted by Crippen LogP contribution is 2.24. The lowest BCUT2D eigenvalue weighted by atomic mass is 10.2. The molecule has 0 aliphatic heterocycles. The molecule has 0 bridgehead atoms. The van der Waals surface area contributed by atoms with Gasteiger partial charge in [-0.2, -0.15) is 0 Å². The first kappa shape index (κ1) is 15.0. The molecule has 7 nitrogen and oxygen atoms in total. The summed E-state index contributed by atoms with van der Waals surface area (Å²) in [7, 11) is 0. The average molecular weight is 289 g/mol. The molecule has 0 atom stereocenters. The fraction of sp³-hybridized carbons (Fsp3) is 0.429. The second-order valence-corrected chi connectivity index (χ2v) is 4.70. The molecule has 0 amide bonds. The summed E-state index contributed by atoms with van der Waals surface area (Å²) in [6, 6.07) is 4.52. The van der Waals surface area contributed by atoms with Crippen molar-refractivity contribution in [1.29, 1.82) is 0 Å². The molecule has 1 heterocycles. The van der Waals surface area contributed by atoms with E-state index in [0.29, 0.717) is 22.7 Å². The lowest BCUT2D eigenvalue weighted by Crippen LogP contribution is -2.10. The number of benzene rings is 1. The Kier molecular flexibility index (Phi) is 4.86. The van der Waals surface area contributed by atoms with E-state index in [4.69, 9.17) is 0 Å². The van der Waals surface area contributed by atoms with Gasteiger partial charge in [0.25, 0.3) is 5.69 Å². The maximum absolute atomic E-state index is 10.8. The maximum Gasteiger partial charge on any atom is 0.271 e. The molecular weight excluding hydrogens is 270 g/mol. The Labute approximate surface area is 122 Å². The normalized spacial score (nSPS) is 10.6. The van der Waals surface area contributed by atoms with Crippen LogP contribution < -0.4 is 10.6 Å². The first-order valence-electron chi connectivity index (χ1n) is 7.09. The van der Waals surface area contributed by atoms with Crippen molar-refractivity contribution in [2.24, 2.45) is 0 Å². The molecule has 112 valence electrons. The van der Waals surface area contributed by atoms with Crippen molar-refractivity contribution in [3.05, 3.63) is 28.3 Å². The van der Waals surface area contributed by atoms with Crippen LogP contribution in [0.2, 0.25) is 0 Å². The van der Waals surface area contributed by atoms with E-state index in [1.807, 2.05) is 0 Å². The number of nitro benzene ring substituents is 1. The molecule has 0 saturated carbocycles. The Morgan fingerprint density at radius 2 is 1.62 bits per heavy atom. The number of anilines is 2. The monoisotopic (exact) mass is 289 g/mol. The summed E-state index contributed by atoms with van der Waals surface area (Å²) in [5.41, 5.74) is 1.18. The summed E-state index contributed by atoms with van der Waals surface area (Å²) < 4.78 is 0. The summed E-state index contributed by atoms with van der Waals surface area (Å²) in [6.45, 7) is 5.71. The van der Waals surface area contributed by atoms with Crippen molar-refractivity contribution < 1.29 is 4.92 Å². The molecule has 0 fully saturated rings. The van der Waals surface area contributed by atoms with Gasteiger partial charge < -0.3 is 10.6 Å². The van der Waals surface area contributed by atoms with Gasteiger partial charge in [0.05, 0.1) is 16.0 Å². The van der Waals surface area contributed by atoms with Crippen LogP contribution in [-0.2, 0) is 0 Å². The van der Waals surface area contributed by atoms with Gasteiger partial charge in [-0.15, -0.1) is 0 Å². The number of hydrogen-bond donors (Lipinski definition) is 2. The minimum atomic E-state index is -0.427. The lowest BCUT2D eigenvalue weighted by molar-refractivity contribution is -0.384. The molecular formula is C14H19N5O2. The molecule has 2 N–H and O–H groups in total. The summed E-state index contributed by atoms with van der Waals surface area (Å²) in [5, 5.41) is 17.3. The summed E-state index contributed by atoms with van der Waals surface area (Å²) in [4.78, 5) is 19.4. The van der Waals surface area contributed by atoms with E-state index < -0.39 is 4.92 Å². The Hall–Kier alpha value is -2.44. The summed E-state index contributed by atoms with van der Waals surface area (Å²) in [6.07, 6.45) is 1.94. The van der Waals surface area contributed by atoms with Gasteiger partial charge in [0.1, 0.15) is 0 Å². The van der Waals surface area contributed by atoms with Gasteiger partial charge >= 0.3 is 0 Å². The van der Waals surface area contributed by atoms with Crippen LogP contribution in [0.15, 0.2) is 18.2 Å². The van der Waals surface area contributed by atoms with E-state index in [-0.39, 0.29) is 5.69 Å². The van der Waals surface area contributed by atoms with E-state index >= 15 is 0 Å². The van der Waals surface area contributed by atoms with Crippen molar-refractivity contribution in [2.75, 3.05) is 23.7 Å². The van der Waals surface area contributed by atoms with Crippen LogP contribution in [0.25, 0.3) is 11.0 Å². The zero-order valence-electron chi connectivity index (χ0n) is 12.2. The molecule has 2 aromatic rings. The second-order valence-electron chi connectivity index (χ2n) is 4.70. The van der Waals surface area contributed by atoms with Crippen LogP contribution in [0.1, 0.15) is 26.7 Å². The minimum Gasteiger partial charge on any atom is -0.367 e. The number of aromatic nitrogens is 2. The van der Waals surface area contributed by atoms with Gasteiger partial charge in [0.2, 0.25) is 0 Å². The number of nitrogens with zero attached hydrogens (tertiary/aromatic N) is 3. The fourth-order valence-corrected chi connectivity index (χ4v) is 1.89. The SMILES string of the molecule is CCCNc1nc2ccc([N+](=O)[O-])cc2nc1NCCC. The van der Waals surface area contributed by atoms with Gasteiger partial charge in [-0.3, -0.25) is 10.1 Å². The van der Waals surface area contributed by atoms with Crippen molar-refractivity contribution >= 4 is 28.4 Å². The number of rotatable bonds is 7. The molecule has 0 saturated heterocycles. The average Bonchev–Trinajstić information content (AvgIpc) is 2.49. The van der Waals surface area contributed by atoms with Crippen molar-refractivity contribution in [1.82, 2.24) is 9.97 Å². The Morgan fingerprint density at radius 1 is 1.05 bits per heavy atom. The topological polar surface area (TPSA) is 93.0 Å². The van der Waals surface area contributed by atoms with Crippen LogP contribution in [0, 0.1) is 10.1 Å². The standard InChI is InChI=1S/C14H19N5O2/c1-3-7-15-13-14(16-8-4-2)18-12-9-10(19(20)21)5-6-11(12)17-13/h5-6,9H,3-4,7-8H2,1-2H3,(H,15,17)(H,16,18). The number of nitrogens with one attached hydrogen (secondary N) is 2. The van der Waals surface area contributed by atoms with Crippen molar-refractivity contribution in [2.45, 2.75) is 26.7 Å². The van der Waals surface area contributed by atoms with Crippen molar-refractivity contribution in [3.8, 4) is 0 Å². The van der Waals surface area contributed by atoms with Gasteiger partial charge in [-0.25, -0.2) is 9.97 Å². The number of fused-ring (bicyclic) bond motifs is 1. The van der Waals surface area contributed by atoms with Crippen LogP contribution in [-0.4, -0.2) is 28.0 Å². The van der Waals surface area contributed by atoms with E-state index in [1.54, 1.807) is 6.07 Å². The van der Waals surface area contributed by atoms with E-state index in [9.17, 15) is 10.1 Å². The van der Waals surface area contributed by atoms with Crippen LogP contribution in [0.5, 0.6) is 0 Å². The zero-order valence-corrected chi connectivity index (χ0v) is 12.2. The van der Waals surface area contributed by atoms with E-state index in [0.717, 1.165) is 25.9 Å². The number of hydrogen-bond acceptors (Lipinski definition) is 6. The lowest BCUT2D eigenvalue weighted by Gasteiger charge is -2.12. The number of nitro groups is 1. The van der Waals surface area contributed by atoms with Gasteiger partial charge in [-0.05, 0) is 18.9 Å². The highest BCUT2D eigenvalue weighted by atomic mass is 16.6. The summed E-state index contributed by atoms with van der Waals surface area (Å²) >= 11 is 0. The third-order valence-corrected chi connectivity index (χ3v) is 2.94. The molecule has 21 heavy (non-hydrogen) atoms. The zero-order chi connectivity index (χ0) is 15.2. The largest absolute Gasteiger partial charge is 0.367 e. The highest BCUT2D eigenvalue weighted by molar-refractivity contribution is 5.82. The molecule has 7 heteroatoms. The first-order valence-corrected chi connectivity index (χ1v) is 7.09. The van der Waals surface area contributed by atoms with Gasteiger partial charge in [0, 0.05) is 25.2 Å². The quantitative estimate of drug-likeness (QED) is 0.600. The summed E-state index contributed by atoms with van der Waals surface area (Å²) in [5.74, 6) is 1.32. The van der Waals surface area contributed by atoms with Crippen LogP contribution in [0.3, 0.4) is 0 Å². The first-order chi connectivity index (χ1) is 10.2. The minimum absolute atomic E-state index is 0.0208. The second kappa shape index (κ2) is 6.83. The van der Waals surface area contributed by atoms with Crippen molar-refractivity contribution in [3.63, 3.8) is 0 Å². The highest BCUT2D eigenvalue weighted by Gasteiger charge is 2.12. The molecule has 0 spiro atoms. The Morgan fingerprint density at radius 3 is 2.14 bits per heavy atom. The third kappa shape index (κ3) is 3.56. The molecule has 0 aliphatic carbocycles. The molecule has 0 radical (unpaired) electrons. The molecule has 2 rings (SSSR count). The van der Waals surface area contributed by atoms with Gasteiger partial charge in [0.15, 0.2) is 11.6 Å². The van der Waals surface area contributed by atoms with E-state index in [2.05, 4.69) is 34.4 Å².